The van der Waals surface area contributed by atoms with Gasteiger partial charge < -0.3 is 10.1 Å². The molecular weight excluding hydrogens is 341 g/mol. The first-order valence-electron chi connectivity index (χ1n) is 7.41. The van der Waals surface area contributed by atoms with Crippen molar-refractivity contribution in [2.24, 2.45) is 5.92 Å². The minimum Gasteiger partial charge on any atom is -0.381 e. The predicted molar refractivity (Wildman–Crippen MR) is 83.9 cm³/mol. The van der Waals surface area contributed by atoms with Gasteiger partial charge in [-0.1, -0.05) is 18.2 Å². The van der Waals surface area contributed by atoms with Crippen LogP contribution in [-0.4, -0.2) is 24.1 Å². The minimum atomic E-state index is -4.35. The van der Waals surface area contributed by atoms with E-state index in [-0.39, 0.29) is 11.8 Å². The molecule has 1 amide bonds. The molecule has 1 unspecified atom stereocenters. The summed E-state index contributed by atoms with van der Waals surface area (Å²) in [4.78, 5) is 16.9. The normalized spacial score (nSPS) is 17.9. The van der Waals surface area contributed by atoms with Crippen molar-refractivity contribution in [2.45, 2.75) is 19.0 Å². The van der Waals surface area contributed by atoms with Gasteiger partial charge in [0, 0.05) is 24.1 Å². The maximum absolute atomic E-state index is 12.7. The number of carbonyl (C=O) groups is 1. The van der Waals surface area contributed by atoms with Crippen molar-refractivity contribution in [3.63, 3.8) is 0 Å². The number of halogens is 3. The number of rotatable bonds is 4. The van der Waals surface area contributed by atoms with E-state index in [1.807, 2.05) is 0 Å². The van der Waals surface area contributed by atoms with E-state index in [1.54, 1.807) is 12.3 Å². The van der Waals surface area contributed by atoms with Crippen LogP contribution in [0.3, 0.4) is 0 Å². The average Bonchev–Trinajstić information content (AvgIpc) is 3.18. The molecule has 0 spiro atoms. The Labute approximate surface area is 140 Å². The van der Waals surface area contributed by atoms with Crippen molar-refractivity contribution >= 4 is 22.4 Å². The van der Waals surface area contributed by atoms with Crippen molar-refractivity contribution in [2.75, 3.05) is 18.5 Å². The number of thiazole rings is 1. The first-order chi connectivity index (χ1) is 11.4. The molecule has 1 atom stereocenters. The fraction of sp³-hybridized carbons (Fsp3) is 0.375. The van der Waals surface area contributed by atoms with Gasteiger partial charge in [-0.05, 0) is 18.1 Å². The van der Waals surface area contributed by atoms with Crippen LogP contribution in [0.2, 0.25) is 0 Å². The third-order valence-electron chi connectivity index (χ3n) is 3.72. The molecule has 2 heterocycles. The van der Waals surface area contributed by atoms with E-state index in [0.717, 1.165) is 17.0 Å². The highest BCUT2D eigenvalue weighted by atomic mass is 32.1. The Balaban J connectivity index is 1.65. The van der Waals surface area contributed by atoms with Crippen molar-refractivity contribution < 1.29 is 22.7 Å². The molecule has 1 fully saturated rings. The Kier molecular flexibility index (Phi) is 4.86. The molecule has 1 aromatic carbocycles. The lowest BCUT2D eigenvalue weighted by Crippen LogP contribution is -2.22. The summed E-state index contributed by atoms with van der Waals surface area (Å²) < 4.78 is 43.4. The molecule has 4 nitrogen and oxygen atoms in total. The van der Waals surface area contributed by atoms with Crippen LogP contribution in [0.25, 0.3) is 0 Å². The van der Waals surface area contributed by atoms with Crippen LogP contribution in [0.5, 0.6) is 0 Å². The van der Waals surface area contributed by atoms with Crippen LogP contribution in [0.15, 0.2) is 30.5 Å². The van der Waals surface area contributed by atoms with Gasteiger partial charge in [0.1, 0.15) is 0 Å². The Morgan fingerprint density at radius 3 is 2.96 bits per heavy atom. The number of alkyl halides is 3. The third kappa shape index (κ3) is 4.12. The summed E-state index contributed by atoms with van der Waals surface area (Å²) in [6.45, 7) is 0.991. The molecule has 3 rings (SSSR count). The van der Waals surface area contributed by atoms with Crippen molar-refractivity contribution in [1.82, 2.24) is 4.98 Å². The molecule has 0 saturated carbocycles. The van der Waals surface area contributed by atoms with Crippen LogP contribution in [-0.2, 0) is 22.1 Å². The minimum absolute atomic E-state index is 0.132. The molecule has 1 N–H and O–H groups in total. The molecule has 8 heteroatoms. The van der Waals surface area contributed by atoms with Crippen LogP contribution >= 0.6 is 11.3 Å². The van der Waals surface area contributed by atoms with E-state index in [1.165, 1.54) is 17.4 Å². The van der Waals surface area contributed by atoms with E-state index in [4.69, 9.17) is 4.74 Å². The molecule has 0 aliphatic carbocycles. The summed E-state index contributed by atoms with van der Waals surface area (Å²) in [5, 5.41) is 3.19. The number of nitrogens with one attached hydrogen (secondary N) is 1. The maximum atomic E-state index is 12.7. The smallest absolute Gasteiger partial charge is 0.381 e. The molecular formula is C16H15F3N2O2S. The van der Waals surface area contributed by atoms with Gasteiger partial charge in [0.15, 0.2) is 5.13 Å². The zero-order valence-electron chi connectivity index (χ0n) is 12.6. The topological polar surface area (TPSA) is 51.2 Å². The SMILES string of the molecule is O=C(Nc1ncc(Cc2cccc(C(F)(F)F)c2)s1)C1CCOC1. The summed E-state index contributed by atoms with van der Waals surface area (Å²) in [6, 6.07) is 5.21. The molecule has 1 aliphatic rings. The number of amides is 1. The molecule has 1 aliphatic heterocycles. The zero-order valence-corrected chi connectivity index (χ0v) is 13.4. The van der Waals surface area contributed by atoms with Crippen LogP contribution in [0, 0.1) is 5.92 Å². The molecule has 1 saturated heterocycles. The summed E-state index contributed by atoms with van der Waals surface area (Å²) in [5.74, 6) is -0.298. The maximum Gasteiger partial charge on any atom is 0.416 e. The monoisotopic (exact) mass is 356 g/mol. The number of hydrogen-bond donors (Lipinski definition) is 1. The van der Waals surface area contributed by atoms with Gasteiger partial charge in [0.25, 0.3) is 0 Å². The molecule has 0 bridgehead atoms. The highest BCUT2D eigenvalue weighted by Crippen LogP contribution is 2.30. The average molecular weight is 356 g/mol. The fourth-order valence-electron chi connectivity index (χ4n) is 2.45. The van der Waals surface area contributed by atoms with Crippen molar-refractivity contribution in [3.05, 3.63) is 46.5 Å². The van der Waals surface area contributed by atoms with Crippen LogP contribution in [0.1, 0.15) is 22.4 Å². The lowest BCUT2D eigenvalue weighted by Gasteiger charge is -2.08. The molecule has 128 valence electrons. The number of benzene rings is 1. The van der Waals surface area contributed by atoms with Crippen molar-refractivity contribution in [1.29, 1.82) is 0 Å². The van der Waals surface area contributed by atoms with E-state index >= 15 is 0 Å². The Morgan fingerprint density at radius 2 is 2.25 bits per heavy atom. The van der Waals surface area contributed by atoms with Crippen LogP contribution < -0.4 is 5.32 Å². The molecule has 24 heavy (non-hydrogen) atoms. The first-order valence-corrected chi connectivity index (χ1v) is 8.23. The molecule has 0 radical (unpaired) electrons. The highest BCUT2D eigenvalue weighted by Gasteiger charge is 2.30. The molecule has 2 aromatic rings. The number of anilines is 1. The quantitative estimate of drug-likeness (QED) is 0.908. The largest absolute Gasteiger partial charge is 0.416 e. The second-order valence-corrected chi connectivity index (χ2v) is 6.67. The zero-order chi connectivity index (χ0) is 17.2. The molecule has 1 aromatic heterocycles. The number of hydrogen-bond acceptors (Lipinski definition) is 4. The Bertz CT molecular complexity index is 724. The Morgan fingerprint density at radius 1 is 1.42 bits per heavy atom. The first kappa shape index (κ1) is 16.9. The predicted octanol–water partition coefficient (Wildman–Crippen LogP) is 3.73. The third-order valence-corrected chi connectivity index (χ3v) is 4.63. The second-order valence-electron chi connectivity index (χ2n) is 5.56. The van der Waals surface area contributed by atoms with Crippen molar-refractivity contribution in [3.8, 4) is 0 Å². The summed E-state index contributed by atoms with van der Waals surface area (Å²) in [7, 11) is 0. The van der Waals surface area contributed by atoms with Crippen LogP contribution in [0.4, 0.5) is 18.3 Å². The summed E-state index contributed by atoms with van der Waals surface area (Å²) in [6.07, 6.45) is -1.75. The van der Waals surface area contributed by atoms with E-state index in [2.05, 4.69) is 10.3 Å². The summed E-state index contributed by atoms with van der Waals surface area (Å²) >= 11 is 1.26. The van der Waals surface area contributed by atoms with Gasteiger partial charge in [-0.25, -0.2) is 4.98 Å². The second kappa shape index (κ2) is 6.90. The fourth-order valence-corrected chi connectivity index (χ4v) is 3.30. The lowest BCUT2D eigenvalue weighted by molar-refractivity contribution is -0.137. The number of ether oxygens (including phenoxy) is 1. The standard InChI is InChI=1S/C16H15F3N2O2S/c17-16(18,19)12-3-1-2-10(6-12)7-13-8-20-15(24-13)21-14(22)11-4-5-23-9-11/h1-3,6,8,11H,4-5,7,9H2,(H,20,21,22). The van der Waals surface area contributed by atoms with Gasteiger partial charge in [-0.3, -0.25) is 4.79 Å². The number of carbonyl (C=O) groups excluding carboxylic acids is 1. The summed E-state index contributed by atoms with van der Waals surface area (Å²) in [5.41, 5.74) is -0.116. The van der Waals surface area contributed by atoms with Gasteiger partial charge in [0.2, 0.25) is 5.91 Å². The Hall–Kier alpha value is -1.93. The van der Waals surface area contributed by atoms with Gasteiger partial charge >= 0.3 is 6.18 Å². The van der Waals surface area contributed by atoms with E-state index in [0.29, 0.717) is 36.8 Å². The van der Waals surface area contributed by atoms with E-state index in [9.17, 15) is 18.0 Å². The number of aromatic nitrogens is 1. The van der Waals surface area contributed by atoms with Gasteiger partial charge in [0.05, 0.1) is 18.1 Å². The van der Waals surface area contributed by atoms with E-state index < -0.39 is 11.7 Å². The highest BCUT2D eigenvalue weighted by molar-refractivity contribution is 7.15. The number of nitrogens with zero attached hydrogens (tertiary/aromatic N) is 1. The van der Waals surface area contributed by atoms with Gasteiger partial charge in [-0.2, -0.15) is 13.2 Å². The lowest BCUT2D eigenvalue weighted by atomic mass is 10.1. The van der Waals surface area contributed by atoms with Gasteiger partial charge in [-0.15, -0.1) is 11.3 Å².